The summed E-state index contributed by atoms with van der Waals surface area (Å²) >= 11 is 0. The molecule has 176 valence electrons. The summed E-state index contributed by atoms with van der Waals surface area (Å²) < 4.78 is 42.9. The third-order valence-electron chi connectivity index (χ3n) is 6.42. The molecular formula is C22H22F3N9. The number of fused-ring (bicyclic) bond motifs is 2. The summed E-state index contributed by atoms with van der Waals surface area (Å²) in [5.74, 6) is 3.73. The number of pyridine rings is 1. The lowest BCUT2D eigenvalue weighted by Crippen LogP contribution is -2.32. The number of hydrogen-bond donors (Lipinski definition) is 1. The fourth-order valence-electron chi connectivity index (χ4n) is 4.56. The van der Waals surface area contributed by atoms with Crippen molar-refractivity contribution in [2.75, 3.05) is 5.32 Å². The van der Waals surface area contributed by atoms with E-state index in [0.717, 1.165) is 37.1 Å². The number of nitrogens with one attached hydrogen (secondary N) is 1. The van der Waals surface area contributed by atoms with Crippen LogP contribution in [0.2, 0.25) is 0 Å². The van der Waals surface area contributed by atoms with E-state index in [0.29, 0.717) is 40.8 Å². The van der Waals surface area contributed by atoms with E-state index in [1.54, 1.807) is 0 Å². The summed E-state index contributed by atoms with van der Waals surface area (Å²) in [5, 5.41) is 12.3. The van der Waals surface area contributed by atoms with Gasteiger partial charge in [-0.3, -0.25) is 4.98 Å². The van der Waals surface area contributed by atoms with Crippen molar-refractivity contribution < 1.29 is 13.2 Å². The fourth-order valence-corrected chi connectivity index (χ4v) is 4.56. The van der Waals surface area contributed by atoms with Gasteiger partial charge < -0.3 is 14.5 Å². The molecule has 9 nitrogen and oxygen atoms in total. The van der Waals surface area contributed by atoms with E-state index >= 15 is 0 Å². The van der Waals surface area contributed by atoms with Gasteiger partial charge in [0, 0.05) is 43.2 Å². The Morgan fingerprint density at radius 2 is 1.94 bits per heavy atom. The van der Waals surface area contributed by atoms with Crippen LogP contribution in [0.25, 0.3) is 22.6 Å². The van der Waals surface area contributed by atoms with Crippen molar-refractivity contribution in [3.05, 3.63) is 42.0 Å². The molecule has 4 aromatic heterocycles. The van der Waals surface area contributed by atoms with Crippen LogP contribution in [0.3, 0.4) is 0 Å². The molecule has 0 bridgehead atoms. The van der Waals surface area contributed by atoms with Gasteiger partial charge in [-0.05, 0) is 38.3 Å². The highest BCUT2D eigenvalue weighted by molar-refractivity contribution is 5.86. The van der Waals surface area contributed by atoms with Gasteiger partial charge in [-0.1, -0.05) is 0 Å². The molecule has 0 saturated heterocycles. The van der Waals surface area contributed by atoms with Crippen LogP contribution >= 0.6 is 0 Å². The maximum Gasteiger partial charge on any atom is 0.433 e. The van der Waals surface area contributed by atoms with Crippen molar-refractivity contribution in [1.82, 2.24) is 39.3 Å². The van der Waals surface area contributed by atoms with Gasteiger partial charge in [-0.15, -0.1) is 10.2 Å². The van der Waals surface area contributed by atoms with Gasteiger partial charge in [0.05, 0.1) is 0 Å². The summed E-state index contributed by atoms with van der Waals surface area (Å²) in [4.78, 5) is 17.2. The summed E-state index contributed by atoms with van der Waals surface area (Å²) in [7, 11) is 0. The molecule has 1 N–H and O–H groups in total. The lowest BCUT2D eigenvalue weighted by molar-refractivity contribution is -0.141. The average Bonchev–Trinajstić information content (AvgIpc) is 3.46. The third-order valence-corrected chi connectivity index (χ3v) is 6.42. The third kappa shape index (κ3) is 3.57. The SMILES string of the molecule is CCn1c(-c2ccc(C(F)(F)F)nc2)nc2c(N[C@@H]3CCc4nnc(C5CC5)n4C3)ncnc21. The van der Waals surface area contributed by atoms with Gasteiger partial charge in [0.2, 0.25) is 0 Å². The molecule has 0 radical (unpaired) electrons. The smallest absolute Gasteiger partial charge is 0.364 e. The van der Waals surface area contributed by atoms with Gasteiger partial charge in [-0.2, -0.15) is 13.2 Å². The molecule has 4 aromatic rings. The van der Waals surface area contributed by atoms with Crippen LogP contribution in [0.4, 0.5) is 19.0 Å². The first-order valence-corrected chi connectivity index (χ1v) is 11.4. The quantitative estimate of drug-likeness (QED) is 0.474. The second-order valence-corrected chi connectivity index (χ2v) is 8.74. The molecule has 1 aliphatic carbocycles. The normalized spacial score (nSPS) is 18.3. The molecule has 1 atom stereocenters. The minimum atomic E-state index is -4.49. The van der Waals surface area contributed by atoms with Gasteiger partial charge in [0.25, 0.3) is 0 Å². The van der Waals surface area contributed by atoms with E-state index in [9.17, 15) is 13.2 Å². The zero-order chi connectivity index (χ0) is 23.4. The van der Waals surface area contributed by atoms with Crippen LogP contribution in [0, 0.1) is 0 Å². The summed E-state index contributed by atoms with van der Waals surface area (Å²) in [6.07, 6.45) is 2.24. The van der Waals surface area contributed by atoms with Crippen LogP contribution in [0.1, 0.15) is 49.4 Å². The van der Waals surface area contributed by atoms with Crippen LogP contribution in [-0.4, -0.2) is 45.3 Å². The van der Waals surface area contributed by atoms with E-state index in [4.69, 9.17) is 4.98 Å². The van der Waals surface area contributed by atoms with Crippen LogP contribution in [0.5, 0.6) is 0 Å². The largest absolute Gasteiger partial charge is 0.433 e. The van der Waals surface area contributed by atoms with Crippen LogP contribution in [0.15, 0.2) is 24.7 Å². The summed E-state index contributed by atoms with van der Waals surface area (Å²) in [6, 6.07) is 2.48. The van der Waals surface area contributed by atoms with Gasteiger partial charge >= 0.3 is 6.18 Å². The van der Waals surface area contributed by atoms with E-state index in [-0.39, 0.29) is 6.04 Å². The minimum absolute atomic E-state index is 0.127. The number of hydrogen-bond acceptors (Lipinski definition) is 7. The zero-order valence-corrected chi connectivity index (χ0v) is 18.4. The Morgan fingerprint density at radius 1 is 1.09 bits per heavy atom. The number of aromatic nitrogens is 8. The van der Waals surface area contributed by atoms with Gasteiger partial charge in [-0.25, -0.2) is 15.0 Å². The zero-order valence-electron chi connectivity index (χ0n) is 18.4. The monoisotopic (exact) mass is 469 g/mol. The standard InChI is InChI=1S/C22H22F3N9/c1-2-33-19(13-5-7-15(26-9-13)22(23,24)25)30-17-18(27-11-28-21(17)33)29-14-6-8-16-31-32-20(12-3-4-12)34(16)10-14/h5,7,9,11-12,14H,2-4,6,8,10H2,1H3,(H,27,28,29)/t14-/m1/s1. The van der Waals surface area contributed by atoms with E-state index in [1.165, 1.54) is 31.4 Å². The van der Waals surface area contributed by atoms with Gasteiger partial charge in [0.15, 0.2) is 17.0 Å². The van der Waals surface area contributed by atoms with Crippen molar-refractivity contribution in [1.29, 1.82) is 0 Å². The molecule has 0 amide bonds. The second-order valence-electron chi connectivity index (χ2n) is 8.74. The molecule has 34 heavy (non-hydrogen) atoms. The molecule has 1 aliphatic heterocycles. The number of anilines is 1. The molecule has 2 aliphatic rings. The Balaban J connectivity index is 1.32. The Bertz CT molecular complexity index is 1350. The van der Waals surface area contributed by atoms with Crippen LogP contribution < -0.4 is 5.32 Å². The highest BCUT2D eigenvalue weighted by atomic mass is 19.4. The van der Waals surface area contributed by atoms with Crippen molar-refractivity contribution >= 4 is 17.0 Å². The number of aryl methyl sites for hydroxylation is 2. The highest BCUT2D eigenvalue weighted by Gasteiger charge is 2.34. The lowest BCUT2D eigenvalue weighted by Gasteiger charge is -2.25. The number of imidazole rings is 1. The molecule has 1 fully saturated rings. The maximum absolute atomic E-state index is 12.9. The molecule has 12 heteroatoms. The fraction of sp³-hybridized carbons (Fsp3) is 0.455. The number of halogens is 3. The molecular weight excluding hydrogens is 447 g/mol. The predicted molar refractivity (Wildman–Crippen MR) is 117 cm³/mol. The first-order chi connectivity index (χ1) is 16.4. The maximum atomic E-state index is 12.9. The highest BCUT2D eigenvalue weighted by Crippen LogP contribution is 2.40. The Labute approximate surface area is 192 Å². The van der Waals surface area contributed by atoms with Crippen molar-refractivity contribution in [3.8, 4) is 11.4 Å². The van der Waals surface area contributed by atoms with E-state index < -0.39 is 11.9 Å². The van der Waals surface area contributed by atoms with Crippen LogP contribution in [-0.2, 0) is 25.7 Å². The number of rotatable bonds is 5. The Kier molecular flexibility index (Phi) is 4.78. The Hall–Kier alpha value is -3.57. The van der Waals surface area contributed by atoms with Gasteiger partial charge in [0.1, 0.15) is 29.5 Å². The second kappa shape index (κ2) is 7.74. The average molecular weight is 469 g/mol. The first-order valence-electron chi connectivity index (χ1n) is 11.4. The molecule has 0 unspecified atom stereocenters. The van der Waals surface area contributed by atoms with Crippen molar-refractivity contribution in [2.45, 2.75) is 63.8 Å². The molecule has 0 spiro atoms. The summed E-state index contributed by atoms with van der Waals surface area (Å²) in [5.41, 5.74) is 0.749. The molecule has 5 heterocycles. The number of alkyl halides is 3. The topological polar surface area (TPSA) is 99.2 Å². The van der Waals surface area contributed by atoms with Crippen molar-refractivity contribution in [2.24, 2.45) is 0 Å². The summed E-state index contributed by atoms with van der Waals surface area (Å²) in [6.45, 7) is 3.23. The van der Waals surface area contributed by atoms with E-state index in [2.05, 4.69) is 35.0 Å². The minimum Gasteiger partial charge on any atom is -0.364 e. The molecule has 0 aromatic carbocycles. The molecule has 1 saturated carbocycles. The Morgan fingerprint density at radius 3 is 2.65 bits per heavy atom. The number of nitrogens with zero attached hydrogens (tertiary/aromatic N) is 8. The predicted octanol–water partition coefficient (Wildman–Crippen LogP) is 3.82. The van der Waals surface area contributed by atoms with E-state index in [1.807, 2.05) is 11.5 Å². The lowest BCUT2D eigenvalue weighted by atomic mass is 10.1. The first kappa shape index (κ1) is 21.0. The van der Waals surface area contributed by atoms with Crippen molar-refractivity contribution in [3.63, 3.8) is 0 Å². The molecule has 6 rings (SSSR count).